The van der Waals surface area contributed by atoms with E-state index in [0.29, 0.717) is 47.8 Å². The number of nitrogens with zero attached hydrogens (tertiary/aromatic N) is 1. The van der Waals surface area contributed by atoms with Crippen molar-refractivity contribution in [2.24, 2.45) is 0 Å². The van der Waals surface area contributed by atoms with Gasteiger partial charge in [0.05, 0.1) is 36.1 Å². The van der Waals surface area contributed by atoms with Crippen molar-refractivity contribution in [3.63, 3.8) is 0 Å². The van der Waals surface area contributed by atoms with Crippen LogP contribution in [0.3, 0.4) is 0 Å². The van der Waals surface area contributed by atoms with Crippen molar-refractivity contribution < 1.29 is 14.9 Å². The predicted molar refractivity (Wildman–Crippen MR) is 155 cm³/mol. The Balaban J connectivity index is 1.65. The van der Waals surface area contributed by atoms with E-state index in [1.807, 2.05) is 60.7 Å². The quantitative estimate of drug-likeness (QED) is 0.172. The Morgan fingerprint density at radius 1 is 0.711 bits per heavy atom. The number of rotatable bonds is 12. The maximum atomic E-state index is 9.02. The van der Waals surface area contributed by atoms with Gasteiger partial charge in [-0.3, -0.25) is 0 Å². The first kappa shape index (κ1) is 28.0. The Bertz CT molecular complexity index is 1360. The van der Waals surface area contributed by atoms with Crippen molar-refractivity contribution in [1.82, 2.24) is 15.6 Å². The third kappa shape index (κ3) is 6.53. The minimum Gasteiger partial charge on any atom is -0.481 e. The molecule has 3 aromatic carbocycles. The first-order valence-electron chi connectivity index (χ1n) is 12.4. The molecule has 8 heteroatoms. The molecule has 6 nitrogen and oxygen atoms in total. The Kier molecular flexibility index (Phi) is 10.1. The van der Waals surface area contributed by atoms with Crippen LogP contribution in [0.4, 0.5) is 0 Å². The molecule has 38 heavy (non-hydrogen) atoms. The first-order valence-corrected chi connectivity index (χ1v) is 13.2. The van der Waals surface area contributed by atoms with Crippen molar-refractivity contribution in [2.45, 2.75) is 13.1 Å². The molecule has 0 fully saturated rings. The second-order valence-corrected chi connectivity index (χ2v) is 9.45. The van der Waals surface area contributed by atoms with Crippen LogP contribution in [-0.2, 0) is 13.1 Å². The first-order chi connectivity index (χ1) is 18.6. The summed E-state index contributed by atoms with van der Waals surface area (Å²) in [5.74, 6) is 0.504. The summed E-state index contributed by atoms with van der Waals surface area (Å²) in [7, 11) is 1.59. The van der Waals surface area contributed by atoms with Crippen LogP contribution >= 0.6 is 23.2 Å². The normalized spacial score (nSPS) is 11.1. The summed E-state index contributed by atoms with van der Waals surface area (Å²) in [5.41, 5.74) is 7.06. The highest BCUT2D eigenvalue weighted by molar-refractivity contribution is 6.39. The molecule has 0 atom stereocenters. The van der Waals surface area contributed by atoms with Gasteiger partial charge >= 0.3 is 0 Å². The minimum atomic E-state index is 0.0637. The molecule has 4 aromatic rings. The van der Waals surface area contributed by atoms with Gasteiger partial charge in [-0.25, -0.2) is 4.98 Å². The number of aliphatic hydroxyl groups excluding tert-OH is 2. The minimum absolute atomic E-state index is 0.0637. The van der Waals surface area contributed by atoms with Gasteiger partial charge in [0.15, 0.2) is 0 Å². The van der Waals surface area contributed by atoms with E-state index in [-0.39, 0.29) is 13.2 Å². The van der Waals surface area contributed by atoms with Gasteiger partial charge in [-0.2, -0.15) is 0 Å². The summed E-state index contributed by atoms with van der Waals surface area (Å²) in [6.45, 7) is 2.45. The maximum absolute atomic E-state index is 9.02. The number of aliphatic hydroxyl groups is 2. The molecule has 0 radical (unpaired) electrons. The van der Waals surface area contributed by atoms with Crippen LogP contribution in [0.25, 0.3) is 33.5 Å². The summed E-state index contributed by atoms with van der Waals surface area (Å²) in [6, 6.07) is 23.8. The van der Waals surface area contributed by atoms with E-state index in [0.717, 1.165) is 38.9 Å². The van der Waals surface area contributed by atoms with Gasteiger partial charge in [-0.15, -0.1) is 0 Å². The number of pyridine rings is 1. The van der Waals surface area contributed by atoms with Crippen LogP contribution in [0.5, 0.6) is 5.88 Å². The summed E-state index contributed by atoms with van der Waals surface area (Å²) < 4.78 is 5.52. The fourth-order valence-electron chi connectivity index (χ4n) is 4.25. The molecule has 0 unspecified atom stereocenters. The highest BCUT2D eigenvalue weighted by atomic mass is 35.5. The molecule has 1 aromatic heterocycles. The molecule has 0 bridgehead atoms. The molecular weight excluding hydrogens is 521 g/mol. The van der Waals surface area contributed by atoms with Crippen LogP contribution in [0.1, 0.15) is 11.1 Å². The molecule has 0 spiro atoms. The number of nitrogens with one attached hydrogen (secondary N) is 2. The summed E-state index contributed by atoms with van der Waals surface area (Å²) >= 11 is 13.9. The van der Waals surface area contributed by atoms with Crippen molar-refractivity contribution in [3.05, 3.63) is 94.0 Å². The van der Waals surface area contributed by atoms with Gasteiger partial charge in [0, 0.05) is 54.0 Å². The second-order valence-electron chi connectivity index (χ2n) is 8.70. The monoisotopic (exact) mass is 551 g/mol. The van der Waals surface area contributed by atoms with E-state index >= 15 is 0 Å². The number of benzene rings is 3. The third-order valence-corrected chi connectivity index (χ3v) is 7.00. The standard InChI is InChI=1S/C30H31Cl2N3O3/c1-38-30-22(19-34-15-17-37)12-13-27(35-30)26-7-3-6-25(29(26)32)24-5-2-4-23(28(24)31)21-10-8-20(9-11-21)18-33-14-16-36/h2-13,33-34,36-37H,14-19H2,1H3. The predicted octanol–water partition coefficient (Wildman–Crippen LogP) is 5.56. The average molecular weight is 553 g/mol. The van der Waals surface area contributed by atoms with Gasteiger partial charge in [-0.1, -0.05) is 89.9 Å². The van der Waals surface area contributed by atoms with E-state index < -0.39 is 0 Å². The van der Waals surface area contributed by atoms with Crippen LogP contribution in [0.2, 0.25) is 10.0 Å². The zero-order valence-electron chi connectivity index (χ0n) is 21.2. The number of hydrogen-bond acceptors (Lipinski definition) is 6. The van der Waals surface area contributed by atoms with E-state index in [2.05, 4.69) is 22.8 Å². The van der Waals surface area contributed by atoms with Crippen LogP contribution in [-0.4, -0.2) is 48.6 Å². The van der Waals surface area contributed by atoms with Gasteiger partial charge in [-0.05, 0) is 17.2 Å². The smallest absolute Gasteiger partial charge is 0.218 e. The molecule has 4 rings (SSSR count). The summed E-state index contributed by atoms with van der Waals surface area (Å²) in [5, 5.41) is 25.5. The zero-order chi connectivity index (χ0) is 26.9. The Labute approximate surface area is 233 Å². The van der Waals surface area contributed by atoms with Crippen molar-refractivity contribution >= 4 is 23.2 Å². The summed E-state index contributed by atoms with van der Waals surface area (Å²) in [6.07, 6.45) is 0. The van der Waals surface area contributed by atoms with Gasteiger partial charge in [0.2, 0.25) is 5.88 Å². The van der Waals surface area contributed by atoms with Crippen molar-refractivity contribution in [1.29, 1.82) is 0 Å². The highest BCUT2D eigenvalue weighted by Crippen LogP contribution is 2.42. The number of methoxy groups -OCH3 is 1. The van der Waals surface area contributed by atoms with Gasteiger partial charge in [0.25, 0.3) is 0 Å². The topological polar surface area (TPSA) is 86.6 Å². The Morgan fingerprint density at radius 3 is 1.92 bits per heavy atom. The lowest BCUT2D eigenvalue weighted by atomic mass is 9.96. The summed E-state index contributed by atoms with van der Waals surface area (Å²) in [4.78, 5) is 4.70. The van der Waals surface area contributed by atoms with Gasteiger partial charge in [0.1, 0.15) is 0 Å². The molecule has 0 saturated carbocycles. The van der Waals surface area contributed by atoms with Crippen LogP contribution in [0.15, 0.2) is 72.8 Å². The lowest BCUT2D eigenvalue weighted by Gasteiger charge is -2.15. The van der Waals surface area contributed by atoms with E-state index in [4.69, 9.17) is 43.1 Å². The average Bonchev–Trinajstić information content (AvgIpc) is 2.94. The fourth-order valence-corrected chi connectivity index (χ4v) is 4.91. The molecule has 1 heterocycles. The number of halogens is 2. The zero-order valence-corrected chi connectivity index (χ0v) is 22.7. The largest absolute Gasteiger partial charge is 0.481 e. The molecule has 0 aliphatic heterocycles. The second kappa shape index (κ2) is 13.7. The van der Waals surface area contributed by atoms with Crippen molar-refractivity contribution in [2.75, 3.05) is 33.4 Å². The number of aromatic nitrogens is 1. The third-order valence-electron chi connectivity index (χ3n) is 6.18. The number of ether oxygens (including phenoxy) is 1. The van der Waals surface area contributed by atoms with E-state index in [1.165, 1.54) is 0 Å². The Hall–Kier alpha value is -2.97. The molecule has 0 saturated heterocycles. The van der Waals surface area contributed by atoms with E-state index in [1.54, 1.807) is 7.11 Å². The lowest BCUT2D eigenvalue weighted by Crippen LogP contribution is -2.18. The lowest BCUT2D eigenvalue weighted by molar-refractivity contribution is 0.291. The maximum Gasteiger partial charge on any atom is 0.218 e. The molecule has 198 valence electrons. The fraction of sp³-hybridized carbons (Fsp3) is 0.233. The molecule has 4 N–H and O–H groups in total. The molecular formula is C30H31Cl2N3O3. The van der Waals surface area contributed by atoms with Crippen LogP contribution in [0, 0.1) is 0 Å². The van der Waals surface area contributed by atoms with E-state index in [9.17, 15) is 0 Å². The van der Waals surface area contributed by atoms with Crippen LogP contribution < -0.4 is 15.4 Å². The number of hydrogen-bond donors (Lipinski definition) is 4. The highest BCUT2D eigenvalue weighted by Gasteiger charge is 2.17. The SMILES string of the molecule is COc1nc(-c2cccc(-c3cccc(-c4ccc(CNCCO)cc4)c3Cl)c2Cl)ccc1CNCCO. The Morgan fingerprint density at radius 2 is 1.29 bits per heavy atom. The van der Waals surface area contributed by atoms with Crippen molar-refractivity contribution in [3.8, 4) is 39.4 Å². The molecule has 0 amide bonds. The molecule has 0 aliphatic rings. The molecule has 0 aliphatic carbocycles. The van der Waals surface area contributed by atoms with Gasteiger partial charge < -0.3 is 25.6 Å².